The third-order valence-corrected chi connectivity index (χ3v) is 5.08. The molecule has 1 amide bonds. The van der Waals surface area contributed by atoms with E-state index in [4.69, 9.17) is 0 Å². The predicted octanol–water partition coefficient (Wildman–Crippen LogP) is 4.26. The van der Waals surface area contributed by atoms with E-state index in [2.05, 4.69) is 34.6 Å². The molecule has 1 aromatic heterocycles. The molecule has 1 N–H and O–H groups in total. The lowest BCUT2D eigenvalue weighted by Crippen LogP contribution is -2.30. The lowest BCUT2D eigenvalue weighted by molar-refractivity contribution is -0.118. The molecule has 0 saturated heterocycles. The van der Waals surface area contributed by atoms with Crippen LogP contribution >= 0.6 is 11.8 Å². The van der Waals surface area contributed by atoms with Crippen LogP contribution in [0.5, 0.6) is 0 Å². The van der Waals surface area contributed by atoms with Gasteiger partial charge in [0.1, 0.15) is 0 Å². The van der Waals surface area contributed by atoms with Gasteiger partial charge >= 0.3 is 0 Å². The molecule has 0 aliphatic heterocycles. The van der Waals surface area contributed by atoms with Crippen LogP contribution in [0.25, 0.3) is 0 Å². The van der Waals surface area contributed by atoms with Crippen LogP contribution in [-0.2, 0) is 10.5 Å². The van der Waals surface area contributed by atoms with Gasteiger partial charge in [-0.15, -0.1) is 11.8 Å². The molecule has 3 rings (SSSR count). The Hall–Kier alpha value is -2.59. The second-order valence-electron chi connectivity index (χ2n) is 5.99. The van der Waals surface area contributed by atoms with Gasteiger partial charge in [-0.25, -0.2) is 0 Å². The standard InChI is InChI=1S/C22H22N2OS/c25-22(17-26-16-20-13-7-8-14-23-20)24-15-21(18-9-3-1-4-10-18)19-11-5-2-6-12-19/h1-14,21H,15-17H2,(H,24,25). The van der Waals surface area contributed by atoms with Gasteiger partial charge in [0.2, 0.25) is 5.91 Å². The molecule has 0 unspecified atom stereocenters. The summed E-state index contributed by atoms with van der Waals surface area (Å²) in [4.78, 5) is 16.5. The zero-order valence-corrected chi connectivity index (χ0v) is 15.4. The summed E-state index contributed by atoms with van der Waals surface area (Å²) in [6.07, 6.45) is 1.78. The molecule has 3 aromatic rings. The number of amides is 1. The molecule has 0 bridgehead atoms. The van der Waals surface area contributed by atoms with E-state index in [1.165, 1.54) is 11.1 Å². The van der Waals surface area contributed by atoms with Crippen LogP contribution in [0.3, 0.4) is 0 Å². The summed E-state index contributed by atoms with van der Waals surface area (Å²) in [7, 11) is 0. The summed E-state index contributed by atoms with van der Waals surface area (Å²) in [6.45, 7) is 0.594. The highest BCUT2D eigenvalue weighted by Crippen LogP contribution is 2.23. The van der Waals surface area contributed by atoms with E-state index in [0.717, 1.165) is 11.4 Å². The van der Waals surface area contributed by atoms with Crippen molar-refractivity contribution in [1.82, 2.24) is 10.3 Å². The number of thioether (sulfide) groups is 1. The lowest BCUT2D eigenvalue weighted by atomic mass is 9.91. The molecule has 0 spiro atoms. The summed E-state index contributed by atoms with van der Waals surface area (Å²) >= 11 is 1.58. The largest absolute Gasteiger partial charge is 0.354 e. The average molecular weight is 362 g/mol. The summed E-state index contributed by atoms with van der Waals surface area (Å²) in [5.74, 6) is 1.40. The van der Waals surface area contributed by atoms with Gasteiger partial charge < -0.3 is 5.32 Å². The van der Waals surface area contributed by atoms with E-state index in [1.54, 1.807) is 18.0 Å². The van der Waals surface area contributed by atoms with Gasteiger partial charge in [-0.2, -0.15) is 0 Å². The summed E-state index contributed by atoms with van der Waals surface area (Å²) in [5, 5.41) is 3.09. The molecule has 1 heterocycles. The van der Waals surface area contributed by atoms with Gasteiger partial charge in [0.25, 0.3) is 0 Å². The Morgan fingerprint density at radius 1 is 0.885 bits per heavy atom. The summed E-state index contributed by atoms with van der Waals surface area (Å²) < 4.78 is 0. The smallest absolute Gasteiger partial charge is 0.230 e. The number of carbonyl (C=O) groups is 1. The van der Waals surface area contributed by atoms with Crippen molar-refractivity contribution in [3.63, 3.8) is 0 Å². The zero-order chi connectivity index (χ0) is 18.0. The van der Waals surface area contributed by atoms with Crippen LogP contribution in [0.15, 0.2) is 85.1 Å². The molecule has 0 atom stereocenters. The van der Waals surface area contributed by atoms with Gasteiger partial charge in [0.15, 0.2) is 0 Å². The average Bonchev–Trinajstić information content (AvgIpc) is 2.71. The molecule has 4 heteroatoms. The van der Waals surface area contributed by atoms with E-state index < -0.39 is 0 Å². The number of aromatic nitrogens is 1. The minimum atomic E-state index is 0.0581. The molecular weight excluding hydrogens is 340 g/mol. The highest BCUT2D eigenvalue weighted by atomic mass is 32.2. The van der Waals surface area contributed by atoms with Crippen molar-refractivity contribution in [2.45, 2.75) is 11.7 Å². The van der Waals surface area contributed by atoms with Crippen LogP contribution in [0.2, 0.25) is 0 Å². The summed E-state index contributed by atoms with van der Waals surface area (Å²) in [6, 6.07) is 26.5. The van der Waals surface area contributed by atoms with Crippen LogP contribution < -0.4 is 5.32 Å². The van der Waals surface area contributed by atoms with Gasteiger partial charge in [0, 0.05) is 24.4 Å². The maximum Gasteiger partial charge on any atom is 0.230 e. The third kappa shape index (κ3) is 5.46. The van der Waals surface area contributed by atoms with Gasteiger partial charge in [-0.05, 0) is 23.3 Å². The van der Waals surface area contributed by atoms with Gasteiger partial charge in [-0.1, -0.05) is 66.7 Å². The highest BCUT2D eigenvalue weighted by Gasteiger charge is 2.15. The Bertz CT molecular complexity index is 755. The van der Waals surface area contributed by atoms with E-state index >= 15 is 0 Å². The number of pyridine rings is 1. The Morgan fingerprint density at radius 2 is 1.50 bits per heavy atom. The molecule has 0 fully saturated rings. The minimum absolute atomic E-state index is 0.0581. The number of nitrogens with one attached hydrogen (secondary N) is 1. The first-order valence-corrected chi connectivity index (χ1v) is 9.82. The monoisotopic (exact) mass is 362 g/mol. The normalized spacial score (nSPS) is 10.7. The van der Waals surface area contributed by atoms with Crippen molar-refractivity contribution in [1.29, 1.82) is 0 Å². The second kappa shape index (κ2) is 9.78. The van der Waals surface area contributed by atoms with E-state index in [-0.39, 0.29) is 11.8 Å². The Balaban J connectivity index is 1.55. The molecule has 0 aliphatic rings. The van der Waals surface area contributed by atoms with Gasteiger partial charge in [0.05, 0.1) is 11.4 Å². The van der Waals surface area contributed by atoms with E-state index in [0.29, 0.717) is 12.3 Å². The Morgan fingerprint density at radius 3 is 2.08 bits per heavy atom. The molecule has 0 aliphatic carbocycles. The molecule has 3 nitrogen and oxygen atoms in total. The fraction of sp³-hybridized carbons (Fsp3) is 0.182. The summed E-state index contributed by atoms with van der Waals surface area (Å²) in [5.41, 5.74) is 3.41. The van der Waals surface area contributed by atoms with Crippen molar-refractivity contribution in [3.8, 4) is 0 Å². The van der Waals surface area contributed by atoms with Crippen LogP contribution in [0.1, 0.15) is 22.7 Å². The van der Waals surface area contributed by atoms with Crippen LogP contribution in [0.4, 0.5) is 0 Å². The number of nitrogens with zero attached hydrogens (tertiary/aromatic N) is 1. The maximum atomic E-state index is 12.2. The van der Waals surface area contributed by atoms with Gasteiger partial charge in [-0.3, -0.25) is 9.78 Å². The quantitative estimate of drug-likeness (QED) is 0.651. The van der Waals surface area contributed by atoms with Crippen molar-refractivity contribution in [3.05, 3.63) is 102 Å². The molecule has 0 saturated carbocycles. The van der Waals surface area contributed by atoms with E-state index in [9.17, 15) is 4.79 Å². The Kier molecular flexibility index (Phi) is 6.85. The molecule has 132 valence electrons. The number of rotatable bonds is 8. The van der Waals surface area contributed by atoms with E-state index in [1.807, 2.05) is 54.6 Å². The lowest BCUT2D eigenvalue weighted by Gasteiger charge is -2.19. The fourth-order valence-corrected chi connectivity index (χ4v) is 3.57. The highest BCUT2D eigenvalue weighted by molar-refractivity contribution is 7.99. The molecule has 26 heavy (non-hydrogen) atoms. The molecule has 2 aromatic carbocycles. The second-order valence-corrected chi connectivity index (χ2v) is 6.98. The predicted molar refractivity (Wildman–Crippen MR) is 108 cm³/mol. The van der Waals surface area contributed by atoms with Crippen molar-refractivity contribution in [2.75, 3.05) is 12.3 Å². The minimum Gasteiger partial charge on any atom is -0.354 e. The molecule has 0 radical (unpaired) electrons. The number of benzene rings is 2. The first-order chi connectivity index (χ1) is 12.8. The third-order valence-electron chi connectivity index (χ3n) is 4.12. The number of hydrogen-bond acceptors (Lipinski definition) is 3. The van der Waals surface area contributed by atoms with Crippen molar-refractivity contribution < 1.29 is 4.79 Å². The molecular formula is C22H22N2OS. The SMILES string of the molecule is O=C(CSCc1ccccn1)NCC(c1ccccc1)c1ccccc1. The first-order valence-electron chi connectivity index (χ1n) is 8.67. The topological polar surface area (TPSA) is 42.0 Å². The fourth-order valence-electron chi connectivity index (χ4n) is 2.80. The first kappa shape index (κ1) is 18.2. The van der Waals surface area contributed by atoms with Crippen molar-refractivity contribution in [2.24, 2.45) is 0 Å². The zero-order valence-electron chi connectivity index (χ0n) is 14.5. The number of hydrogen-bond donors (Lipinski definition) is 1. The Labute approximate surface area is 158 Å². The number of carbonyl (C=O) groups excluding carboxylic acids is 1. The van der Waals surface area contributed by atoms with Crippen molar-refractivity contribution >= 4 is 17.7 Å². The van der Waals surface area contributed by atoms with Crippen LogP contribution in [0, 0.1) is 0 Å². The van der Waals surface area contributed by atoms with Crippen LogP contribution in [-0.4, -0.2) is 23.2 Å². The maximum absolute atomic E-state index is 12.2.